The maximum atomic E-state index is 12.7. The molecule has 3 rings (SSSR count). The van der Waals surface area contributed by atoms with E-state index in [0.29, 0.717) is 6.42 Å². The van der Waals surface area contributed by atoms with Crippen LogP contribution in [0.25, 0.3) is 0 Å². The molecule has 31 heavy (non-hydrogen) atoms. The first kappa shape index (κ1) is 23.0. The second-order valence-electron chi connectivity index (χ2n) is 8.33. The summed E-state index contributed by atoms with van der Waals surface area (Å²) in [6.07, 6.45) is -4.66. The summed E-state index contributed by atoms with van der Waals surface area (Å²) >= 11 is 0. The van der Waals surface area contributed by atoms with Crippen LogP contribution in [0, 0.1) is 26.7 Å². The van der Waals surface area contributed by atoms with E-state index < -0.39 is 29.7 Å². The third kappa shape index (κ3) is 4.98. The summed E-state index contributed by atoms with van der Waals surface area (Å²) in [6.45, 7) is 6.08. The van der Waals surface area contributed by atoms with Crippen molar-refractivity contribution in [2.24, 2.45) is 5.92 Å². The lowest BCUT2D eigenvalue weighted by Gasteiger charge is -2.22. The van der Waals surface area contributed by atoms with Crippen LogP contribution in [0.1, 0.15) is 56.9 Å². The molecule has 0 aliphatic heterocycles. The summed E-state index contributed by atoms with van der Waals surface area (Å²) < 4.78 is 37.9. The van der Waals surface area contributed by atoms with Gasteiger partial charge < -0.3 is 10.4 Å². The van der Waals surface area contributed by atoms with Crippen molar-refractivity contribution in [2.45, 2.75) is 51.8 Å². The number of hydrogen-bond donors (Lipinski definition) is 2. The Morgan fingerprint density at radius 3 is 2.23 bits per heavy atom. The Morgan fingerprint density at radius 1 is 1.10 bits per heavy atom. The van der Waals surface area contributed by atoms with Gasteiger partial charge in [0.25, 0.3) is 5.91 Å². The molecule has 4 nitrogen and oxygen atoms in total. The van der Waals surface area contributed by atoms with E-state index in [0.717, 1.165) is 46.5 Å². The highest BCUT2D eigenvalue weighted by atomic mass is 19.4. The molecule has 1 fully saturated rings. The molecule has 2 aromatic carbocycles. The maximum absolute atomic E-state index is 12.7. The smallest absolute Gasteiger partial charge is 0.392 e. The fraction of sp³-hybridized carbons (Fsp3) is 0.417. The van der Waals surface area contributed by atoms with Crippen molar-refractivity contribution in [2.75, 3.05) is 6.54 Å². The Balaban J connectivity index is 1.61. The van der Waals surface area contributed by atoms with Crippen LogP contribution >= 0.6 is 0 Å². The number of amides is 1. The number of carbonyl (C=O) groups is 2. The number of aliphatic hydroxyl groups excluding tert-OH is 1. The summed E-state index contributed by atoms with van der Waals surface area (Å²) in [7, 11) is 0. The van der Waals surface area contributed by atoms with E-state index >= 15 is 0 Å². The number of alkyl halides is 3. The lowest BCUT2D eigenvalue weighted by Crippen LogP contribution is -2.29. The molecule has 0 heterocycles. The van der Waals surface area contributed by atoms with E-state index in [9.17, 15) is 27.9 Å². The van der Waals surface area contributed by atoms with E-state index in [2.05, 4.69) is 5.32 Å². The first-order chi connectivity index (χ1) is 14.5. The van der Waals surface area contributed by atoms with E-state index in [1.54, 1.807) is 0 Å². The number of rotatable bonds is 5. The molecule has 0 spiro atoms. The average molecular weight is 433 g/mol. The van der Waals surface area contributed by atoms with E-state index in [4.69, 9.17) is 0 Å². The standard InChI is InChI=1S/C24H26F3NO3/c1-13-10-14(2)20(15(3)11-13)21-19(29)12-17(22(21)30)8-9-28-23(31)16-4-6-18(7-5-16)24(25,26)27/h4-7,10-11,17,21-22,30H,8-9,12H2,1-3H3,(H,28,31). The number of aryl methyl sites for hydroxylation is 3. The zero-order chi connectivity index (χ0) is 22.9. The summed E-state index contributed by atoms with van der Waals surface area (Å²) in [5, 5.41) is 13.5. The molecule has 0 radical (unpaired) electrons. The minimum absolute atomic E-state index is 0.0124. The van der Waals surface area contributed by atoms with Crippen molar-refractivity contribution in [3.63, 3.8) is 0 Å². The molecule has 166 valence electrons. The lowest BCUT2D eigenvalue weighted by atomic mass is 9.85. The van der Waals surface area contributed by atoms with Gasteiger partial charge in [0.15, 0.2) is 0 Å². The third-order valence-electron chi connectivity index (χ3n) is 5.96. The zero-order valence-electron chi connectivity index (χ0n) is 17.7. The van der Waals surface area contributed by atoms with Crippen LogP contribution in [0.2, 0.25) is 0 Å². The van der Waals surface area contributed by atoms with Crippen LogP contribution < -0.4 is 5.32 Å². The molecule has 0 saturated heterocycles. The molecular formula is C24H26F3NO3. The molecule has 1 aliphatic carbocycles. The molecule has 0 aromatic heterocycles. The summed E-state index contributed by atoms with van der Waals surface area (Å²) in [5.41, 5.74) is 3.24. The Morgan fingerprint density at radius 2 is 1.68 bits per heavy atom. The number of carbonyl (C=O) groups excluding carboxylic acids is 2. The van der Waals surface area contributed by atoms with Crippen molar-refractivity contribution >= 4 is 11.7 Å². The monoisotopic (exact) mass is 433 g/mol. The van der Waals surface area contributed by atoms with Gasteiger partial charge in [-0.05, 0) is 74.1 Å². The van der Waals surface area contributed by atoms with Gasteiger partial charge in [0, 0.05) is 18.5 Å². The largest absolute Gasteiger partial charge is 0.416 e. The lowest BCUT2D eigenvalue weighted by molar-refractivity contribution is -0.137. The quantitative estimate of drug-likeness (QED) is 0.731. The number of Topliss-reactive ketones (excluding diaryl/α,β-unsaturated/α-hetero) is 1. The minimum Gasteiger partial charge on any atom is -0.392 e. The predicted molar refractivity (Wildman–Crippen MR) is 111 cm³/mol. The summed E-state index contributed by atoms with van der Waals surface area (Å²) in [4.78, 5) is 24.9. The Bertz CT molecular complexity index is 960. The Hall–Kier alpha value is -2.67. The van der Waals surface area contributed by atoms with Gasteiger partial charge in [0.1, 0.15) is 5.78 Å². The van der Waals surface area contributed by atoms with Gasteiger partial charge in [0.05, 0.1) is 17.6 Å². The van der Waals surface area contributed by atoms with Gasteiger partial charge in [-0.3, -0.25) is 9.59 Å². The van der Waals surface area contributed by atoms with Crippen LogP contribution in [0.15, 0.2) is 36.4 Å². The van der Waals surface area contributed by atoms with Gasteiger partial charge in [-0.25, -0.2) is 0 Å². The van der Waals surface area contributed by atoms with Crippen LogP contribution in [0.4, 0.5) is 13.2 Å². The van der Waals surface area contributed by atoms with Crippen molar-refractivity contribution in [1.82, 2.24) is 5.32 Å². The van der Waals surface area contributed by atoms with Gasteiger partial charge in [-0.2, -0.15) is 13.2 Å². The number of halogens is 3. The van der Waals surface area contributed by atoms with Crippen LogP contribution in [-0.2, 0) is 11.0 Å². The van der Waals surface area contributed by atoms with Gasteiger partial charge >= 0.3 is 6.18 Å². The number of aliphatic hydroxyl groups is 1. The minimum atomic E-state index is -4.45. The van der Waals surface area contributed by atoms with E-state index in [1.807, 2.05) is 32.9 Å². The normalized spacial score (nSPS) is 21.4. The number of benzene rings is 2. The van der Waals surface area contributed by atoms with E-state index in [1.165, 1.54) is 0 Å². The van der Waals surface area contributed by atoms with Crippen molar-refractivity contribution < 1.29 is 27.9 Å². The summed E-state index contributed by atoms with van der Waals surface area (Å²) in [5.74, 6) is -1.36. The molecule has 2 N–H and O–H groups in total. The van der Waals surface area contributed by atoms with Gasteiger partial charge in [-0.15, -0.1) is 0 Å². The topological polar surface area (TPSA) is 66.4 Å². The second-order valence-corrected chi connectivity index (χ2v) is 8.33. The van der Waals surface area contributed by atoms with E-state index in [-0.39, 0.29) is 30.2 Å². The van der Waals surface area contributed by atoms with Gasteiger partial charge in [-0.1, -0.05) is 17.7 Å². The van der Waals surface area contributed by atoms with Crippen LogP contribution in [0.5, 0.6) is 0 Å². The highest BCUT2D eigenvalue weighted by Gasteiger charge is 2.43. The highest BCUT2D eigenvalue weighted by molar-refractivity contribution is 5.94. The highest BCUT2D eigenvalue weighted by Crippen LogP contribution is 2.40. The maximum Gasteiger partial charge on any atom is 0.416 e. The average Bonchev–Trinajstić information content (AvgIpc) is 2.94. The predicted octanol–water partition coefficient (Wildman–Crippen LogP) is 4.48. The fourth-order valence-electron chi connectivity index (χ4n) is 4.54. The SMILES string of the molecule is Cc1cc(C)c(C2C(=O)CC(CCNC(=O)c3ccc(C(F)(F)F)cc3)C2O)c(C)c1. The molecular weight excluding hydrogens is 407 g/mol. The molecule has 3 atom stereocenters. The third-order valence-corrected chi connectivity index (χ3v) is 5.96. The van der Waals surface area contributed by atoms with Crippen molar-refractivity contribution in [3.05, 3.63) is 69.8 Å². The first-order valence-electron chi connectivity index (χ1n) is 10.2. The molecule has 1 saturated carbocycles. The number of hydrogen-bond acceptors (Lipinski definition) is 3. The fourth-order valence-corrected chi connectivity index (χ4v) is 4.54. The Kier molecular flexibility index (Phi) is 6.55. The Labute approximate surface area is 179 Å². The van der Waals surface area contributed by atoms with Crippen molar-refractivity contribution in [3.8, 4) is 0 Å². The molecule has 1 amide bonds. The molecule has 0 bridgehead atoms. The van der Waals surface area contributed by atoms with Crippen LogP contribution in [-0.4, -0.2) is 29.4 Å². The molecule has 7 heteroatoms. The van der Waals surface area contributed by atoms with Gasteiger partial charge in [0.2, 0.25) is 0 Å². The number of nitrogens with one attached hydrogen (secondary N) is 1. The molecule has 3 unspecified atom stereocenters. The summed E-state index contributed by atoms with van der Waals surface area (Å²) in [6, 6.07) is 7.99. The zero-order valence-corrected chi connectivity index (χ0v) is 17.7. The number of ketones is 1. The van der Waals surface area contributed by atoms with Crippen molar-refractivity contribution in [1.29, 1.82) is 0 Å². The van der Waals surface area contributed by atoms with Crippen LogP contribution in [0.3, 0.4) is 0 Å². The molecule has 1 aliphatic rings. The molecule has 2 aromatic rings. The second kappa shape index (κ2) is 8.83. The first-order valence-corrected chi connectivity index (χ1v) is 10.2.